The van der Waals surface area contributed by atoms with Crippen LogP contribution in [-0.4, -0.2) is 38.8 Å². The Morgan fingerprint density at radius 2 is 2.56 bits per heavy atom. The molecule has 2 heterocycles. The van der Waals surface area contributed by atoms with Crippen molar-refractivity contribution in [1.29, 1.82) is 0 Å². The van der Waals surface area contributed by atoms with Gasteiger partial charge in [0.1, 0.15) is 0 Å². The van der Waals surface area contributed by atoms with Crippen molar-refractivity contribution < 1.29 is 4.74 Å². The molecular formula is C11H19N3OS. The van der Waals surface area contributed by atoms with Gasteiger partial charge in [-0.05, 0) is 13.5 Å². The molecule has 1 saturated heterocycles. The first-order valence-corrected chi connectivity index (χ1v) is 6.48. The molecule has 1 N–H and O–H groups in total. The highest BCUT2D eigenvalue weighted by Gasteiger charge is 2.24. The summed E-state index contributed by atoms with van der Waals surface area (Å²) in [4.78, 5) is 8.14. The molecule has 1 aliphatic heterocycles. The monoisotopic (exact) mass is 241 g/mol. The van der Waals surface area contributed by atoms with E-state index in [4.69, 9.17) is 4.74 Å². The van der Waals surface area contributed by atoms with Crippen LogP contribution in [0.3, 0.4) is 0 Å². The number of methoxy groups -OCH3 is 1. The molecule has 0 saturated carbocycles. The first-order chi connectivity index (χ1) is 7.83. The van der Waals surface area contributed by atoms with E-state index in [1.165, 1.54) is 11.3 Å². The van der Waals surface area contributed by atoms with E-state index in [1.807, 2.05) is 13.2 Å². The van der Waals surface area contributed by atoms with Crippen molar-refractivity contribution >= 4 is 16.5 Å². The molecule has 90 valence electrons. The van der Waals surface area contributed by atoms with E-state index in [1.54, 1.807) is 18.4 Å². The minimum atomic E-state index is 0.668. The van der Waals surface area contributed by atoms with Gasteiger partial charge in [0.2, 0.25) is 0 Å². The highest BCUT2D eigenvalue weighted by molar-refractivity contribution is 7.15. The molecular weight excluding hydrogens is 222 g/mol. The van der Waals surface area contributed by atoms with Crippen LogP contribution < -0.4 is 10.2 Å². The molecule has 0 amide bonds. The van der Waals surface area contributed by atoms with Crippen LogP contribution in [0.25, 0.3) is 0 Å². The Morgan fingerprint density at radius 3 is 3.31 bits per heavy atom. The van der Waals surface area contributed by atoms with E-state index in [-0.39, 0.29) is 0 Å². The smallest absolute Gasteiger partial charge is 0.185 e. The molecule has 5 heteroatoms. The van der Waals surface area contributed by atoms with Crippen LogP contribution in [0.1, 0.15) is 11.3 Å². The molecule has 1 unspecified atom stereocenters. The molecule has 0 aliphatic carbocycles. The van der Waals surface area contributed by atoms with Crippen molar-refractivity contribution in [3.05, 3.63) is 11.1 Å². The summed E-state index contributed by atoms with van der Waals surface area (Å²) in [6, 6.07) is 0. The number of thiazole rings is 1. The molecule has 0 aromatic carbocycles. The third-order valence-corrected chi connectivity index (χ3v) is 3.91. The van der Waals surface area contributed by atoms with Crippen LogP contribution in [0.4, 0.5) is 5.13 Å². The lowest BCUT2D eigenvalue weighted by atomic mass is 10.1. The van der Waals surface area contributed by atoms with Crippen molar-refractivity contribution in [2.75, 3.05) is 38.8 Å². The lowest BCUT2D eigenvalue weighted by Crippen LogP contribution is -2.20. The van der Waals surface area contributed by atoms with E-state index >= 15 is 0 Å². The molecule has 1 aromatic rings. The average Bonchev–Trinajstić information content (AvgIpc) is 2.87. The van der Waals surface area contributed by atoms with E-state index < -0.39 is 0 Å². The normalized spacial score (nSPS) is 20.6. The Labute approximate surface area is 101 Å². The van der Waals surface area contributed by atoms with E-state index in [9.17, 15) is 0 Å². The highest BCUT2D eigenvalue weighted by Crippen LogP contribution is 2.28. The van der Waals surface area contributed by atoms with Crippen LogP contribution in [0.15, 0.2) is 6.20 Å². The number of hydrogen-bond donors (Lipinski definition) is 1. The Morgan fingerprint density at radius 1 is 1.69 bits per heavy atom. The van der Waals surface area contributed by atoms with Gasteiger partial charge in [-0.25, -0.2) is 4.98 Å². The summed E-state index contributed by atoms with van der Waals surface area (Å²) in [5, 5.41) is 4.31. The van der Waals surface area contributed by atoms with Gasteiger partial charge in [-0.1, -0.05) is 0 Å². The first kappa shape index (κ1) is 11.8. The standard InChI is InChI=1S/C11H19N3OS/c1-12-5-10-6-13-11(16-10)14-4-3-9(7-14)8-15-2/h6,9,12H,3-5,7-8H2,1-2H3. The van der Waals surface area contributed by atoms with Crippen molar-refractivity contribution in [2.24, 2.45) is 5.92 Å². The van der Waals surface area contributed by atoms with E-state index in [0.29, 0.717) is 5.92 Å². The molecule has 1 aliphatic rings. The van der Waals surface area contributed by atoms with Gasteiger partial charge in [-0.3, -0.25) is 0 Å². The summed E-state index contributed by atoms with van der Waals surface area (Å²) in [6.07, 6.45) is 3.19. The maximum absolute atomic E-state index is 5.20. The van der Waals surface area contributed by atoms with Crippen LogP contribution in [0.5, 0.6) is 0 Å². The second-order valence-electron chi connectivity index (χ2n) is 4.20. The van der Waals surface area contributed by atoms with Crippen LogP contribution >= 0.6 is 11.3 Å². The van der Waals surface area contributed by atoms with Crippen molar-refractivity contribution in [3.63, 3.8) is 0 Å². The third kappa shape index (κ3) is 2.72. The summed E-state index contributed by atoms with van der Waals surface area (Å²) in [5.74, 6) is 0.668. The van der Waals surface area contributed by atoms with Crippen LogP contribution in [-0.2, 0) is 11.3 Å². The average molecular weight is 241 g/mol. The summed E-state index contributed by atoms with van der Waals surface area (Å²) in [5.41, 5.74) is 0. The third-order valence-electron chi connectivity index (χ3n) is 2.85. The van der Waals surface area contributed by atoms with Gasteiger partial charge < -0.3 is 15.0 Å². The molecule has 1 fully saturated rings. The Kier molecular flexibility index (Phi) is 4.15. The fourth-order valence-corrected chi connectivity index (χ4v) is 3.03. The topological polar surface area (TPSA) is 37.4 Å². The largest absolute Gasteiger partial charge is 0.384 e. The zero-order valence-electron chi connectivity index (χ0n) is 9.90. The Hall–Kier alpha value is -0.650. The summed E-state index contributed by atoms with van der Waals surface area (Å²) in [6.45, 7) is 3.97. The fraction of sp³-hybridized carbons (Fsp3) is 0.727. The number of ether oxygens (including phenoxy) is 1. The van der Waals surface area contributed by atoms with E-state index in [2.05, 4.69) is 15.2 Å². The molecule has 16 heavy (non-hydrogen) atoms. The van der Waals surface area contributed by atoms with Gasteiger partial charge in [-0.2, -0.15) is 0 Å². The molecule has 0 spiro atoms. The number of aromatic nitrogens is 1. The number of nitrogens with one attached hydrogen (secondary N) is 1. The molecule has 2 rings (SSSR count). The number of rotatable bonds is 5. The minimum absolute atomic E-state index is 0.668. The predicted molar refractivity (Wildman–Crippen MR) is 67.1 cm³/mol. The lowest BCUT2D eigenvalue weighted by molar-refractivity contribution is 0.161. The van der Waals surface area contributed by atoms with Crippen LogP contribution in [0, 0.1) is 5.92 Å². The number of hydrogen-bond acceptors (Lipinski definition) is 5. The number of nitrogens with zero attached hydrogens (tertiary/aromatic N) is 2. The highest BCUT2D eigenvalue weighted by atomic mass is 32.1. The van der Waals surface area contributed by atoms with E-state index in [0.717, 1.165) is 31.4 Å². The number of anilines is 1. The van der Waals surface area contributed by atoms with Crippen molar-refractivity contribution in [3.8, 4) is 0 Å². The Balaban J connectivity index is 1.92. The van der Waals surface area contributed by atoms with Gasteiger partial charge >= 0.3 is 0 Å². The fourth-order valence-electron chi connectivity index (χ4n) is 2.08. The summed E-state index contributed by atoms with van der Waals surface area (Å²) < 4.78 is 5.20. The lowest BCUT2D eigenvalue weighted by Gasteiger charge is -2.14. The zero-order chi connectivity index (χ0) is 11.4. The Bertz CT molecular complexity index is 329. The van der Waals surface area contributed by atoms with Gasteiger partial charge in [0.05, 0.1) is 6.61 Å². The van der Waals surface area contributed by atoms with Gasteiger partial charge in [0, 0.05) is 43.7 Å². The van der Waals surface area contributed by atoms with Crippen LogP contribution in [0.2, 0.25) is 0 Å². The summed E-state index contributed by atoms with van der Waals surface area (Å²) >= 11 is 1.79. The van der Waals surface area contributed by atoms with Crippen molar-refractivity contribution in [2.45, 2.75) is 13.0 Å². The van der Waals surface area contributed by atoms with Gasteiger partial charge in [0.25, 0.3) is 0 Å². The molecule has 0 bridgehead atoms. The molecule has 0 radical (unpaired) electrons. The maximum Gasteiger partial charge on any atom is 0.185 e. The SMILES string of the molecule is CNCc1cnc(N2CCC(COC)C2)s1. The second-order valence-corrected chi connectivity index (χ2v) is 5.29. The zero-order valence-corrected chi connectivity index (χ0v) is 10.7. The molecule has 1 aromatic heterocycles. The van der Waals surface area contributed by atoms with Crippen molar-refractivity contribution in [1.82, 2.24) is 10.3 Å². The first-order valence-electron chi connectivity index (χ1n) is 5.66. The van der Waals surface area contributed by atoms with Gasteiger partial charge in [-0.15, -0.1) is 11.3 Å². The quantitative estimate of drug-likeness (QED) is 0.844. The maximum atomic E-state index is 5.20. The predicted octanol–water partition coefficient (Wildman–Crippen LogP) is 1.34. The second kappa shape index (κ2) is 5.61. The minimum Gasteiger partial charge on any atom is -0.384 e. The molecule has 1 atom stereocenters. The summed E-state index contributed by atoms with van der Waals surface area (Å²) in [7, 11) is 3.74. The van der Waals surface area contributed by atoms with Gasteiger partial charge in [0.15, 0.2) is 5.13 Å². The molecule has 4 nitrogen and oxygen atoms in total.